The molecule has 26 heavy (non-hydrogen) atoms. The van der Waals surface area contributed by atoms with E-state index in [1.807, 2.05) is 49.1 Å². The van der Waals surface area contributed by atoms with Gasteiger partial charge in [-0.2, -0.15) is 5.10 Å². The summed E-state index contributed by atoms with van der Waals surface area (Å²) in [6, 6.07) is 10.0. The number of hydrogen-bond donors (Lipinski definition) is 2. The lowest BCUT2D eigenvalue weighted by atomic mass is 9.80. The molecule has 1 aliphatic heterocycles. The van der Waals surface area contributed by atoms with E-state index in [-0.39, 0.29) is 11.8 Å². The zero-order chi connectivity index (χ0) is 18.7. The maximum absolute atomic E-state index is 12.7. The van der Waals surface area contributed by atoms with E-state index in [9.17, 15) is 9.59 Å². The van der Waals surface area contributed by atoms with Crippen molar-refractivity contribution >= 4 is 11.8 Å². The van der Waals surface area contributed by atoms with Gasteiger partial charge in [0.05, 0.1) is 17.7 Å². The number of nitrogens with zero attached hydrogens (tertiary/aromatic N) is 2. The molecule has 1 aromatic carbocycles. The van der Waals surface area contributed by atoms with Gasteiger partial charge in [0, 0.05) is 31.3 Å². The topological polar surface area (TPSA) is 78.1 Å². The Balaban J connectivity index is 1.71. The number of likely N-dealkylation sites (tertiary alicyclic amines) is 1. The molecule has 0 bridgehead atoms. The number of aromatic nitrogens is 2. The summed E-state index contributed by atoms with van der Waals surface area (Å²) in [6.45, 7) is 6.66. The number of carbonyl (C=O) groups is 2. The second-order valence-corrected chi connectivity index (χ2v) is 7.10. The molecule has 1 fully saturated rings. The Morgan fingerprint density at radius 3 is 2.38 bits per heavy atom. The lowest BCUT2D eigenvalue weighted by Gasteiger charge is -2.42. The molecule has 2 aromatic rings. The number of carbonyl (C=O) groups excluding carboxylic acids is 2. The van der Waals surface area contributed by atoms with E-state index in [2.05, 4.69) is 15.5 Å². The van der Waals surface area contributed by atoms with Crippen LogP contribution in [0.1, 0.15) is 42.3 Å². The molecule has 3 rings (SSSR count). The summed E-state index contributed by atoms with van der Waals surface area (Å²) in [7, 11) is 0. The highest BCUT2D eigenvalue weighted by Crippen LogP contribution is 2.33. The second kappa shape index (κ2) is 7.32. The van der Waals surface area contributed by atoms with Crippen LogP contribution in [0.25, 0.3) is 0 Å². The summed E-state index contributed by atoms with van der Waals surface area (Å²) in [5, 5.41) is 10.2. The molecule has 1 aromatic heterocycles. The largest absolute Gasteiger partial charge is 0.347 e. The van der Waals surface area contributed by atoms with E-state index in [0.717, 1.165) is 22.5 Å². The van der Waals surface area contributed by atoms with Gasteiger partial charge < -0.3 is 10.2 Å². The normalized spacial score (nSPS) is 16.3. The van der Waals surface area contributed by atoms with Crippen LogP contribution in [0.3, 0.4) is 0 Å². The van der Waals surface area contributed by atoms with Crippen LogP contribution in [0.15, 0.2) is 30.3 Å². The van der Waals surface area contributed by atoms with E-state index < -0.39 is 5.54 Å². The van der Waals surface area contributed by atoms with Crippen LogP contribution in [0.2, 0.25) is 0 Å². The van der Waals surface area contributed by atoms with E-state index >= 15 is 0 Å². The number of amides is 2. The zero-order valence-corrected chi connectivity index (χ0v) is 15.6. The third-order valence-corrected chi connectivity index (χ3v) is 5.32. The minimum Gasteiger partial charge on any atom is -0.347 e. The van der Waals surface area contributed by atoms with E-state index in [1.54, 1.807) is 6.92 Å². The van der Waals surface area contributed by atoms with Gasteiger partial charge in [0.1, 0.15) is 0 Å². The number of benzene rings is 1. The maximum atomic E-state index is 12.7. The van der Waals surface area contributed by atoms with E-state index in [0.29, 0.717) is 32.4 Å². The summed E-state index contributed by atoms with van der Waals surface area (Å²) in [6.07, 6.45) is 1.80. The number of rotatable bonds is 4. The maximum Gasteiger partial charge on any atom is 0.227 e. The molecule has 0 aliphatic carbocycles. The van der Waals surface area contributed by atoms with Gasteiger partial charge in [-0.05, 0) is 32.3 Å². The number of aromatic amines is 1. The SMILES string of the molecule is CC(=O)NC1(c2ccccc2)CCN(C(=O)Cc2c(C)n[nH]c2C)CC1. The molecule has 0 unspecified atom stereocenters. The Morgan fingerprint density at radius 2 is 1.85 bits per heavy atom. The molecule has 6 nitrogen and oxygen atoms in total. The van der Waals surface area contributed by atoms with Gasteiger partial charge >= 0.3 is 0 Å². The predicted molar refractivity (Wildman–Crippen MR) is 99.5 cm³/mol. The van der Waals surface area contributed by atoms with Gasteiger partial charge in [-0.15, -0.1) is 0 Å². The molecule has 0 saturated carbocycles. The smallest absolute Gasteiger partial charge is 0.227 e. The minimum atomic E-state index is -0.397. The zero-order valence-electron chi connectivity index (χ0n) is 15.6. The standard InChI is InChI=1S/C20H26N4O2/c1-14-18(15(2)23-22-14)13-19(26)24-11-9-20(10-12-24,21-16(3)25)17-7-5-4-6-8-17/h4-8H,9-13H2,1-3H3,(H,21,25)(H,22,23). The summed E-state index contributed by atoms with van der Waals surface area (Å²) in [5.41, 5.74) is 3.51. The first kappa shape index (κ1) is 18.2. The van der Waals surface area contributed by atoms with Gasteiger partial charge in [-0.1, -0.05) is 30.3 Å². The molecule has 138 valence electrons. The summed E-state index contributed by atoms with van der Waals surface area (Å²) < 4.78 is 0. The van der Waals surface area contributed by atoms with Crippen molar-refractivity contribution in [1.82, 2.24) is 20.4 Å². The first-order chi connectivity index (χ1) is 12.4. The van der Waals surface area contributed by atoms with Crippen molar-refractivity contribution < 1.29 is 9.59 Å². The van der Waals surface area contributed by atoms with Crippen LogP contribution in [-0.2, 0) is 21.5 Å². The molecular formula is C20H26N4O2. The molecule has 0 atom stereocenters. The molecule has 2 heterocycles. The highest BCUT2D eigenvalue weighted by molar-refractivity contribution is 5.79. The van der Waals surface area contributed by atoms with Crippen LogP contribution in [0.5, 0.6) is 0 Å². The van der Waals surface area contributed by atoms with Crippen LogP contribution in [0.4, 0.5) is 0 Å². The van der Waals surface area contributed by atoms with Crippen molar-refractivity contribution in [3.8, 4) is 0 Å². The first-order valence-electron chi connectivity index (χ1n) is 9.04. The molecule has 6 heteroatoms. The fourth-order valence-electron chi connectivity index (χ4n) is 3.82. The average Bonchev–Trinajstić information content (AvgIpc) is 2.94. The van der Waals surface area contributed by atoms with Gasteiger partial charge in [-0.3, -0.25) is 14.7 Å². The van der Waals surface area contributed by atoms with Crippen molar-refractivity contribution in [1.29, 1.82) is 0 Å². The van der Waals surface area contributed by atoms with E-state index in [4.69, 9.17) is 0 Å². The lowest BCUT2D eigenvalue weighted by Crippen LogP contribution is -2.53. The Hall–Kier alpha value is -2.63. The molecule has 2 amide bonds. The van der Waals surface area contributed by atoms with Crippen LogP contribution in [0, 0.1) is 13.8 Å². The molecule has 2 N–H and O–H groups in total. The Bertz CT molecular complexity index is 770. The van der Waals surface area contributed by atoms with Crippen LogP contribution >= 0.6 is 0 Å². The number of nitrogens with one attached hydrogen (secondary N) is 2. The quantitative estimate of drug-likeness (QED) is 0.884. The Labute approximate surface area is 154 Å². The number of piperidine rings is 1. The third-order valence-electron chi connectivity index (χ3n) is 5.32. The fourth-order valence-corrected chi connectivity index (χ4v) is 3.82. The van der Waals surface area contributed by atoms with Gasteiger partial charge in [0.15, 0.2) is 0 Å². The van der Waals surface area contributed by atoms with Gasteiger partial charge in [0.25, 0.3) is 0 Å². The van der Waals surface area contributed by atoms with Crippen molar-refractivity contribution in [2.24, 2.45) is 0 Å². The monoisotopic (exact) mass is 354 g/mol. The minimum absolute atomic E-state index is 0.0433. The van der Waals surface area contributed by atoms with Crippen LogP contribution in [-0.4, -0.2) is 40.0 Å². The fraction of sp³-hybridized carbons (Fsp3) is 0.450. The van der Waals surface area contributed by atoms with Crippen molar-refractivity contribution in [2.45, 2.75) is 45.6 Å². The summed E-state index contributed by atoms with van der Waals surface area (Å²) in [5.74, 6) is 0.0698. The first-order valence-corrected chi connectivity index (χ1v) is 9.04. The summed E-state index contributed by atoms with van der Waals surface area (Å²) in [4.78, 5) is 26.4. The second-order valence-electron chi connectivity index (χ2n) is 7.10. The highest BCUT2D eigenvalue weighted by atomic mass is 16.2. The number of aryl methyl sites for hydroxylation is 2. The highest BCUT2D eigenvalue weighted by Gasteiger charge is 2.38. The van der Waals surface area contributed by atoms with Crippen molar-refractivity contribution in [3.63, 3.8) is 0 Å². The third kappa shape index (κ3) is 3.64. The van der Waals surface area contributed by atoms with E-state index in [1.165, 1.54) is 0 Å². The molecule has 1 aliphatic rings. The van der Waals surface area contributed by atoms with Gasteiger partial charge in [0.2, 0.25) is 11.8 Å². The Kier molecular flexibility index (Phi) is 5.11. The summed E-state index contributed by atoms with van der Waals surface area (Å²) >= 11 is 0. The number of H-pyrrole nitrogens is 1. The molecule has 0 radical (unpaired) electrons. The van der Waals surface area contributed by atoms with Crippen LogP contribution < -0.4 is 5.32 Å². The predicted octanol–water partition coefficient (Wildman–Crippen LogP) is 2.22. The molecule has 1 saturated heterocycles. The number of hydrogen-bond acceptors (Lipinski definition) is 3. The lowest BCUT2D eigenvalue weighted by molar-refractivity contribution is -0.132. The average molecular weight is 354 g/mol. The molecular weight excluding hydrogens is 328 g/mol. The van der Waals surface area contributed by atoms with Gasteiger partial charge in [-0.25, -0.2) is 0 Å². The Morgan fingerprint density at radius 1 is 1.19 bits per heavy atom. The van der Waals surface area contributed by atoms with Crippen molar-refractivity contribution in [2.75, 3.05) is 13.1 Å². The van der Waals surface area contributed by atoms with Crippen molar-refractivity contribution in [3.05, 3.63) is 52.8 Å². The molecule has 0 spiro atoms.